The Morgan fingerprint density at radius 3 is 1.14 bits per heavy atom. The number of hydrogen-bond donors (Lipinski definition) is 0. The molecule has 0 N–H and O–H groups in total. The van der Waals surface area contributed by atoms with E-state index in [4.69, 9.17) is 0 Å². The lowest BCUT2D eigenvalue weighted by molar-refractivity contribution is -0.364. The van der Waals surface area contributed by atoms with Gasteiger partial charge >= 0.3 is 13.9 Å². The number of nitrogens with zero attached hydrogens (tertiary/aromatic N) is 4. The number of aryl methyl sites for hydroxylation is 4. The normalized spacial score (nSPS) is 18.4. The van der Waals surface area contributed by atoms with Crippen molar-refractivity contribution in [3.63, 3.8) is 0 Å². The molecule has 4 aromatic rings. The molecule has 0 saturated heterocycles. The van der Waals surface area contributed by atoms with Crippen LogP contribution in [0.25, 0.3) is 11.1 Å². The fourth-order valence-corrected chi connectivity index (χ4v) is 13.0. The molecule has 0 aliphatic carbocycles. The van der Waals surface area contributed by atoms with E-state index in [1.165, 1.54) is 28.3 Å². The molecule has 0 spiro atoms. The lowest BCUT2D eigenvalue weighted by Gasteiger charge is -2.35. The summed E-state index contributed by atoms with van der Waals surface area (Å²) in [7, 11) is -3.37. The van der Waals surface area contributed by atoms with Crippen LogP contribution in [-0.4, -0.2) is 59.4 Å². The molecule has 8 rings (SSSR count). The Labute approximate surface area is 332 Å². The molecule has 0 fully saturated rings. The van der Waals surface area contributed by atoms with Crippen LogP contribution in [0.3, 0.4) is 0 Å². The minimum atomic E-state index is -3.92. The van der Waals surface area contributed by atoms with Gasteiger partial charge in [0.05, 0.1) is 27.3 Å². The zero-order valence-electron chi connectivity index (χ0n) is 35.4. The second-order valence-electron chi connectivity index (χ2n) is 18.3. The van der Waals surface area contributed by atoms with Gasteiger partial charge in [-0.15, -0.1) is 0 Å². The van der Waals surface area contributed by atoms with Crippen LogP contribution in [0, 0.1) is 27.7 Å². The van der Waals surface area contributed by atoms with Crippen molar-refractivity contribution in [2.45, 2.75) is 94.7 Å². The third kappa shape index (κ3) is 5.84. The highest BCUT2D eigenvalue weighted by atomic mass is 28.3. The van der Waals surface area contributed by atoms with Crippen LogP contribution in [-0.2, 0) is 0 Å². The second-order valence-corrected chi connectivity index (χ2v) is 28.3. The van der Waals surface area contributed by atoms with Gasteiger partial charge in [0.1, 0.15) is 11.4 Å². The van der Waals surface area contributed by atoms with Crippen molar-refractivity contribution in [1.82, 2.24) is 8.96 Å². The van der Waals surface area contributed by atoms with Gasteiger partial charge in [-0.3, -0.25) is 0 Å². The lowest BCUT2D eigenvalue weighted by atomic mass is 9.84. The average molecular weight is 793 g/mol. The zero-order valence-corrected chi connectivity index (χ0v) is 37.4. The maximum atomic E-state index is 15.7. The topological polar surface area (TPSA) is 15.9 Å². The van der Waals surface area contributed by atoms with Crippen molar-refractivity contribution in [3.8, 4) is 0 Å². The van der Waals surface area contributed by atoms with Crippen LogP contribution >= 0.6 is 0 Å². The van der Waals surface area contributed by atoms with E-state index in [1.807, 2.05) is 64.1 Å². The van der Waals surface area contributed by atoms with E-state index >= 15 is 17.3 Å². The number of halogens is 4. The molecule has 4 aliphatic rings. The quantitative estimate of drug-likeness (QED) is 0.145. The fourth-order valence-electron chi connectivity index (χ4n) is 9.82. The highest BCUT2D eigenvalue weighted by Crippen LogP contribution is 2.46. The van der Waals surface area contributed by atoms with Crippen molar-refractivity contribution in [2.75, 3.05) is 0 Å². The molecule has 0 amide bonds. The van der Waals surface area contributed by atoms with E-state index in [0.717, 1.165) is 44.5 Å². The standard InChI is InChI=1S/2C22H27BF2N2Si/c2*1-14-12-16(3)26-21(14)20(18-10-8-9-11-19(18)28(5,6)7)22-15(2)13-17(4)27(22)23(26,24)25/h2*8-13H,1-7H3. The van der Waals surface area contributed by atoms with Gasteiger partial charge < -0.3 is 35.2 Å². The number of benzene rings is 2. The Morgan fingerprint density at radius 2 is 0.821 bits per heavy atom. The van der Waals surface area contributed by atoms with Crippen molar-refractivity contribution < 1.29 is 26.2 Å². The van der Waals surface area contributed by atoms with E-state index in [9.17, 15) is 0 Å². The highest BCUT2D eigenvalue weighted by Gasteiger charge is 2.57. The van der Waals surface area contributed by atoms with Crippen LogP contribution in [0.15, 0.2) is 95.4 Å². The summed E-state index contributed by atoms with van der Waals surface area (Å²) in [5.74, 6) is 0. The summed E-state index contributed by atoms with van der Waals surface area (Å²) in [5, 5.41) is 2.61. The molecule has 2 aromatic carbocycles. The summed E-state index contributed by atoms with van der Waals surface area (Å²) >= 11 is 0. The van der Waals surface area contributed by atoms with E-state index in [-0.39, 0.29) is 0 Å². The van der Waals surface area contributed by atoms with E-state index in [2.05, 4.69) is 75.7 Å². The van der Waals surface area contributed by atoms with Gasteiger partial charge in [0.15, 0.2) is 11.4 Å². The molecule has 0 unspecified atom stereocenters. The van der Waals surface area contributed by atoms with E-state index in [0.29, 0.717) is 45.6 Å². The Morgan fingerprint density at radius 1 is 0.500 bits per heavy atom. The minimum Gasteiger partial charge on any atom is -0.393 e. The van der Waals surface area contributed by atoms with Crippen LogP contribution in [0.4, 0.5) is 17.3 Å². The number of allylic oxidation sites excluding steroid dienone is 4. The van der Waals surface area contributed by atoms with Gasteiger partial charge in [0.2, 0.25) is 0 Å². The van der Waals surface area contributed by atoms with Gasteiger partial charge in [0, 0.05) is 48.5 Å². The summed E-state index contributed by atoms with van der Waals surface area (Å²) in [4.78, 5) is 0. The fraction of sp³-hybridized carbons (Fsp3) is 0.318. The molecule has 2 aromatic heterocycles. The van der Waals surface area contributed by atoms with Gasteiger partial charge in [-0.05, 0) is 87.3 Å². The SMILES string of the molecule is CC1=CC(C)=[N+]2C1=C(c1ccccc1[Si](C)(C)C)c1c(C)cc(C)n1[B-]2(F)F.CC1=CC(C)=[N+]2C1=C(c1ccccc1[Si](C)(C)C)c1c(C)cc(C)n1[B-]2(F)F. The second kappa shape index (κ2) is 13.1. The molecule has 0 bridgehead atoms. The molecule has 4 nitrogen and oxygen atoms in total. The summed E-state index contributed by atoms with van der Waals surface area (Å²) in [6.07, 6.45) is 3.78. The Bertz CT molecular complexity index is 2410. The highest BCUT2D eigenvalue weighted by molar-refractivity contribution is 6.89. The largest absolute Gasteiger partial charge is 0.737 e. The summed E-state index contributed by atoms with van der Waals surface area (Å²) in [5.41, 5.74) is 12.8. The van der Waals surface area contributed by atoms with Gasteiger partial charge in [0.25, 0.3) is 0 Å². The first-order chi connectivity index (χ1) is 25.9. The zero-order chi connectivity index (χ0) is 41.2. The Kier molecular flexibility index (Phi) is 9.28. The van der Waals surface area contributed by atoms with Gasteiger partial charge in [-0.1, -0.05) is 98.2 Å². The van der Waals surface area contributed by atoms with Crippen molar-refractivity contribution in [2.24, 2.45) is 0 Å². The minimum absolute atomic E-state index is 0.608. The number of hydrogen-bond acceptors (Lipinski definition) is 0. The van der Waals surface area contributed by atoms with Gasteiger partial charge in [-0.2, -0.15) is 0 Å². The van der Waals surface area contributed by atoms with Crippen LogP contribution < -0.4 is 10.4 Å². The number of fused-ring (bicyclic) bond motifs is 4. The smallest absolute Gasteiger partial charge is 0.393 e. The molecule has 0 atom stereocenters. The number of rotatable bonds is 4. The van der Waals surface area contributed by atoms with Crippen LogP contribution in [0.5, 0.6) is 0 Å². The third-order valence-corrected chi connectivity index (χ3v) is 16.0. The monoisotopic (exact) mass is 792 g/mol. The average Bonchev–Trinajstić information content (AvgIpc) is 3.77. The lowest BCUT2D eigenvalue weighted by Crippen LogP contribution is -2.52. The Balaban J connectivity index is 0.000000172. The molecule has 4 aliphatic heterocycles. The predicted molar refractivity (Wildman–Crippen MR) is 235 cm³/mol. The van der Waals surface area contributed by atoms with Crippen molar-refractivity contribution in [3.05, 3.63) is 140 Å². The third-order valence-electron chi connectivity index (χ3n) is 11.9. The van der Waals surface area contributed by atoms with E-state index < -0.39 is 30.1 Å². The molecule has 6 heterocycles. The molecule has 12 heteroatoms. The van der Waals surface area contributed by atoms with Crippen molar-refractivity contribution >= 4 is 63.0 Å². The molecular formula is C44H54B2F4N4Si2. The van der Waals surface area contributed by atoms with Crippen molar-refractivity contribution in [1.29, 1.82) is 0 Å². The first kappa shape index (κ1) is 39.8. The van der Waals surface area contributed by atoms with Crippen LogP contribution in [0.1, 0.15) is 72.7 Å². The summed E-state index contributed by atoms with van der Waals surface area (Å²) in [6, 6.07) is 20.5. The molecule has 0 saturated carbocycles. The molecule has 292 valence electrons. The van der Waals surface area contributed by atoms with Gasteiger partial charge in [-0.25, -0.2) is 0 Å². The number of aromatic nitrogens is 2. The maximum Gasteiger partial charge on any atom is 0.737 e. The maximum absolute atomic E-state index is 15.7. The molecule has 0 radical (unpaired) electrons. The molecular weight excluding hydrogens is 738 g/mol. The van der Waals surface area contributed by atoms with Crippen LogP contribution in [0.2, 0.25) is 39.3 Å². The first-order valence-corrected chi connectivity index (χ1v) is 26.7. The predicted octanol–water partition coefficient (Wildman–Crippen LogP) is 10.2. The molecule has 56 heavy (non-hydrogen) atoms. The van der Waals surface area contributed by atoms with E-state index in [1.54, 1.807) is 27.7 Å². The summed E-state index contributed by atoms with van der Waals surface area (Å²) < 4.78 is 68.1. The summed E-state index contributed by atoms with van der Waals surface area (Å²) in [6.45, 7) is 20.9. The first-order valence-electron chi connectivity index (χ1n) is 19.7. The Hall–Kier alpha value is -4.42.